The summed E-state index contributed by atoms with van der Waals surface area (Å²) < 4.78 is 0. The molecule has 1 fully saturated rings. The molecular weight excluding hydrogens is 456 g/mol. The predicted octanol–water partition coefficient (Wildman–Crippen LogP) is 4.30. The normalized spacial score (nSPS) is 18.5. The van der Waals surface area contributed by atoms with Gasteiger partial charge in [0.25, 0.3) is 11.8 Å². The van der Waals surface area contributed by atoms with Crippen molar-refractivity contribution in [2.45, 2.75) is 44.4 Å². The number of aliphatic imine (C=N–C) groups is 1. The van der Waals surface area contributed by atoms with Crippen molar-refractivity contribution in [2.75, 3.05) is 18.4 Å². The Kier molecular flexibility index (Phi) is 7.49. The molecule has 2 unspecified atom stereocenters. The Labute approximate surface area is 202 Å². The van der Waals surface area contributed by atoms with Gasteiger partial charge in [0, 0.05) is 35.6 Å². The summed E-state index contributed by atoms with van der Waals surface area (Å²) in [6, 6.07) is 11.0. The van der Waals surface area contributed by atoms with Crippen LogP contribution >= 0.6 is 23.1 Å². The van der Waals surface area contributed by atoms with E-state index in [0.29, 0.717) is 22.3 Å². The average molecular weight is 485 g/mol. The summed E-state index contributed by atoms with van der Waals surface area (Å²) in [4.78, 5) is 45.0. The maximum Gasteiger partial charge on any atom is 0.262 e. The van der Waals surface area contributed by atoms with Crippen molar-refractivity contribution in [2.24, 2.45) is 10.9 Å². The van der Waals surface area contributed by atoms with Crippen LogP contribution in [-0.4, -0.2) is 46.1 Å². The SMILES string of the molecule is CCN(CC)C1=NC(=O)C(CC(=O)Nc2cccc(C(=O)NC(c3cccs3)C3CC3)c2)S1. The molecule has 2 aliphatic rings. The lowest BCUT2D eigenvalue weighted by Gasteiger charge is -2.19. The zero-order valence-electron chi connectivity index (χ0n) is 18.7. The fraction of sp³-hybridized carbons (Fsp3) is 0.417. The first-order valence-electron chi connectivity index (χ1n) is 11.3. The Morgan fingerprint density at radius 1 is 1.18 bits per heavy atom. The minimum Gasteiger partial charge on any atom is -0.352 e. The molecule has 33 heavy (non-hydrogen) atoms. The maximum atomic E-state index is 12.9. The van der Waals surface area contributed by atoms with Crippen LogP contribution in [0.3, 0.4) is 0 Å². The third-order valence-corrected chi connectivity index (χ3v) is 7.94. The smallest absolute Gasteiger partial charge is 0.262 e. The van der Waals surface area contributed by atoms with E-state index in [9.17, 15) is 14.4 Å². The number of amides is 3. The number of carbonyl (C=O) groups excluding carboxylic acids is 3. The van der Waals surface area contributed by atoms with Gasteiger partial charge < -0.3 is 15.5 Å². The maximum absolute atomic E-state index is 12.9. The highest BCUT2D eigenvalue weighted by atomic mass is 32.2. The summed E-state index contributed by atoms with van der Waals surface area (Å²) in [5.74, 6) is -0.218. The van der Waals surface area contributed by atoms with Crippen LogP contribution in [-0.2, 0) is 9.59 Å². The number of carbonyl (C=O) groups is 3. The summed E-state index contributed by atoms with van der Waals surface area (Å²) in [5, 5.41) is 8.17. The molecule has 2 aromatic rings. The number of nitrogens with one attached hydrogen (secondary N) is 2. The number of anilines is 1. The highest BCUT2D eigenvalue weighted by Gasteiger charge is 2.34. The molecule has 1 aliphatic carbocycles. The van der Waals surface area contributed by atoms with Crippen LogP contribution in [0.15, 0.2) is 46.8 Å². The Balaban J connectivity index is 1.35. The number of thioether (sulfide) groups is 1. The Morgan fingerprint density at radius 3 is 2.64 bits per heavy atom. The van der Waals surface area contributed by atoms with Gasteiger partial charge in [-0.05, 0) is 62.3 Å². The minimum atomic E-state index is -0.517. The molecule has 4 rings (SSSR count). The van der Waals surface area contributed by atoms with E-state index < -0.39 is 5.25 Å². The summed E-state index contributed by atoms with van der Waals surface area (Å²) in [6.45, 7) is 5.54. The fourth-order valence-electron chi connectivity index (χ4n) is 3.80. The number of hydrogen-bond donors (Lipinski definition) is 2. The summed E-state index contributed by atoms with van der Waals surface area (Å²) in [7, 11) is 0. The summed E-state index contributed by atoms with van der Waals surface area (Å²) >= 11 is 2.99. The van der Waals surface area contributed by atoms with Gasteiger partial charge in [0.2, 0.25) is 5.91 Å². The van der Waals surface area contributed by atoms with E-state index in [4.69, 9.17) is 0 Å². The molecule has 0 spiro atoms. The fourth-order valence-corrected chi connectivity index (χ4v) is 5.86. The second kappa shape index (κ2) is 10.5. The van der Waals surface area contributed by atoms with Crippen molar-refractivity contribution in [1.82, 2.24) is 10.2 Å². The lowest BCUT2D eigenvalue weighted by atomic mass is 10.1. The molecule has 1 aliphatic heterocycles. The average Bonchev–Trinajstić information content (AvgIpc) is 3.38. The largest absolute Gasteiger partial charge is 0.352 e. The van der Waals surface area contributed by atoms with Gasteiger partial charge in [0.15, 0.2) is 5.17 Å². The van der Waals surface area contributed by atoms with Gasteiger partial charge in [-0.2, -0.15) is 4.99 Å². The molecule has 0 bridgehead atoms. The number of amidine groups is 1. The molecule has 7 nitrogen and oxygen atoms in total. The first kappa shape index (κ1) is 23.5. The molecule has 1 aromatic heterocycles. The summed E-state index contributed by atoms with van der Waals surface area (Å²) in [6.07, 6.45) is 2.28. The molecule has 2 N–H and O–H groups in total. The van der Waals surface area contributed by atoms with Gasteiger partial charge in [-0.15, -0.1) is 11.3 Å². The molecule has 2 atom stereocenters. The Morgan fingerprint density at radius 2 is 1.97 bits per heavy atom. The van der Waals surface area contributed by atoms with Crippen LogP contribution in [0, 0.1) is 5.92 Å². The van der Waals surface area contributed by atoms with Crippen molar-refractivity contribution in [3.63, 3.8) is 0 Å². The third-order valence-electron chi connectivity index (χ3n) is 5.77. The van der Waals surface area contributed by atoms with E-state index in [2.05, 4.69) is 21.7 Å². The lowest BCUT2D eigenvalue weighted by Crippen LogP contribution is -2.29. The molecule has 0 radical (unpaired) electrons. The first-order chi connectivity index (χ1) is 16.0. The highest BCUT2D eigenvalue weighted by Crippen LogP contribution is 2.42. The van der Waals surface area contributed by atoms with Gasteiger partial charge in [-0.1, -0.05) is 23.9 Å². The lowest BCUT2D eigenvalue weighted by molar-refractivity contribution is -0.121. The molecule has 1 saturated carbocycles. The van der Waals surface area contributed by atoms with Gasteiger partial charge in [0.1, 0.15) is 5.25 Å². The molecule has 1 aromatic carbocycles. The number of hydrogen-bond acceptors (Lipinski definition) is 6. The summed E-state index contributed by atoms with van der Waals surface area (Å²) in [5.41, 5.74) is 1.03. The van der Waals surface area contributed by atoms with E-state index in [0.717, 1.165) is 25.9 Å². The quantitative estimate of drug-likeness (QED) is 0.554. The number of thiophene rings is 1. The van der Waals surface area contributed by atoms with E-state index in [1.807, 2.05) is 30.2 Å². The van der Waals surface area contributed by atoms with Gasteiger partial charge in [-0.3, -0.25) is 14.4 Å². The van der Waals surface area contributed by atoms with E-state index in [1.54, 1.807) is 35.6 Å². The van der Waals surface area contributed by atoms with Crippen LogP contribution in [0.25, 0.3) is 0 Å². The van der Waals surface area contributed by atoms with Gasteiger partial charge >= 0.3 is 0 Å². The van der Waals surface area contributed by atoms with Gasteiger partial charge in [-0.25, -0.2) is 0 Å². The Bertz CT molecular complexity index is 1050. The van der Waals surface area contributed by atoms with Crippen LogP contribution < -0.4 is 10.6 Å². The molecule has 3 amide bonds. The second-order valence-corrected chi connectivity index (χ2v) is 10.3. The number of nitrogens with zero attached hydrogens (tertiary/aromatic N) is 2. The molecule has 9 heteroatoms. The standard InChI is InChI=1S/C24H28N4O3S2/c1-3-28(4-2)24-27-23(31)19(33-24)14-20(29)25-17-8-5-7-16(13-17)22(30)26-21(15-10-11-15)18-9-6-12-32-18/h5-9,12-13,15,19,21H,3-4,10-11,14H2,1-2H3,(H,25,29)(H,26,30). The minimum absolute atomic E-state index is 0.0288. The van der Waals surface area contributed by atoms with Crippen molar-refractivity contribution in [3.8, 4) is 0 Å². The van der Waals surface area contributed by atoms with Crippen molar-refractivity contribution in [1.29, 1.82) is 0 Å². The number of benzene rings is 1. The van der Waals surface area contributed by atoms with Crippen molar-refractivity contribution >= 4 is 51.7 Å². The third kappa shape index (κ3) is 5.83. The van der Waals surface area contributed by atoms with Crippen molar-refractivity contribution < 1.29 is 14.4 Å². The second-order valence-electron chi connectivity index (χ2n) is 8.15. The van der Waals surface area contributed by atoms with E-state index >= 15 is 0 Å². The van der Waals surface area contributed by atoms with E-state index in [-0.39, 0.29) is 30.2 Å². The van der Waals surface area contributed by atoms with Crippen LogP contribution in [0.2, 0.25) is 0 Å². The zero-order valence-corrected chi connectivity index (χ0v) is 20.4. The van der Waals surface area contributed by atoms with Gasteiger partial charge in [0.05, 0.1) is 6.04 Å². The van der Waals surface area contributed by atoms with Crippen molar-refractivity contribution in [3.05, 3.63) is 52.2 Å². The molecular formula is C24H28N4O3S2. The van der Waals surface area contributed by atoms with Crippen LogP contribution in [0.5, 0.6) is 0 Å². The topological polar surface area (TPSA) is 90.9 Å². The molecule has 0 saturated heterocycles. The van der Waals surface area contributed by atoms with Crippen LogP contribution in [0.4, 0.5) is 5.69 Å². The monoisotopic (exact) mass is 484 g/mol. The van der Waals surface area contributed by atoms with Crippen LogP contribution in [0.1, 0.15) is 54.4 Å². The zero-order chi connectivity index (χ0) is 23.4. The van der Waals surface area contributed by atoms with E-state index in [1.165, 1.54) is 16.6 Å². The Hall–Kier alpha value is -2.65. The predicted molar refractivity (Wildman–Crippen MR) is 134 cm³/mol. The first-order valence-corrected chi connectivity index (χ1v) is 13.0. The molecule has 2 heterocycles. The molecule has 174 valence electrons. The highest BCUT2D eigenvalue weighted by molar-refractivity contribution is 8.15. The number of rotatable bonds is 9.